The number of carboxylic acid groups (broad SMARTS) is 1. The van der Waals surface area contributed by atoms with Crippen molar-refractivity contribution in [2.45, 2.75) is 58.3 Å². The Morgan fingerprint density at radius 3 is 2.44 bits per heavy atom. The lowest BCUT2D eigenvalue weighted by atomic mass is 9.73. The highest BCUT2D eigenvalue weighted by Gasteiger charge is 2.32. The van der Waals surface area contributed by atoms with Crippen LogP contribution in [0.3, 0.4) is 0 Å². The maximum Gasteiger partial charge on any atom is 0.306 e. The Kier molecular flexibility index (Phi) is 4.41. The third kappa shape index (κ3) is 3.12. The molecule has 0 aromatic carbocycles. The molecule has 0 heterocycles. The summed E-state index contributed by atoms with van der Waals surface area (Å²) in [4.78, 5) is 22.6. The van der Waals surface area contributed by atoms with Gasteiger partial charge in [-0.1, -0.05) is 19.8 Å². The number of carbonyl (C=O) groups excluding carboxylic acids is 1. The second kappa shape index (κ2) is 5.85. The van der Waals surface area contributed by atoms with Crippen LogP contribution in [0.4, 0.5) is 0 Å². The van der Waals surface area contributed by atoms with Crippen molar-refractivity contribution in [3.8, 4) is 0 Å². The summed E-state index contributed by atoms with van der Waals surface area (Å²) < 4.78 is 0. The van der Waals surface area contributed by atoms with Gasteiger partial charge < -0.3 is 5.11 Å². The number of hydrogen-bond donors (Lipinski definition) is 1. The maximum atomic E-state index is 11.6. The predicted octanol–water partition coefficient (Wildman–Crippen LogP) is 3.27. The normalized spacial score (nSPS) is 34.5. The molecule has 18 heavy (non-hydrogen) atoms. The van der Waals surface area contributed by atoms with Crippen LogP contribution in [0, 0.1) is 23.7 Å². The van der Waals surface area contributed by atoms with Crippen molar-refractivity contribution >= 4 is 11.8 Å². The van der Waals surface area contributed by atoms with Gasteiger partial charge in [-0.15, -0.1) is 0 Å². The first-order chi connectivity index (χ1) is 8.58. The Morgan fingerprint density at radius 1 is 1.28 bits per heavy atom. The minimum absolute atomic E-state index is 0.209. The second-order valence-corrected chi connectivity index (χ2v) is 6.20. The molecule has 0 aromatic heterocycles. The van der Waals surface area contributed by atoms with Gasteiger partial charge in [0.1, 0.15) is 5.78 Å². The molecular formula is C15H24O3. The first kappa shape index (κ1) is 13.6. The van der Waals surface area contributed by atoms with Crippen LogP contribution in [0.25, 0.3) is 0 Å². The smallest absolute Gasteiger partial charge is 0.306 e. The first-order valence-electron chi connectivity index (χ1n) is 7.33. The molecule has 0 spiro atoms. The van der Waals surface area contributed by atoms with E-state index < -0.39 is 5.97 Å². The number of Topliss-reactive ketones (excluding diaryl/α,β-unsaturated/α-hetero) is 1. The van der Waals surface area contributed by atoms with Crippen molar-refractivity contribution in [2.75, 3.05) is 0 Å². The van der Waals surface area contributed by atoms with E-state index in [0.717, 1.165) is 51.4 Å². The van der Waals surface area contributed by atoms with Gasteiger partial charge in [0.05, 0.1) is 5.92 Å². The van der Waals surface area contributed by atoms with E-state index in [1.54, 1.807) is 0 Å². The number of ketones is 1. The van der Waals surface area contributed by atoms with Gasteiger partial charge in [0.25, 0.3) is 0 Å². The standard InChI is InChI=1S/C15H24O3/c1-10(15(17)18)12-7-5-11(6-8-12)9-13-3-2-4-14(13)16/h10-13H,2-9H2,1H3,(H,17,18). The van der Waals surface area contributed by atoms with E-state index in [4.69, 9.17) is 5.11 Å². The van der Waals surface area contributed by atoms with Crippen molar-refractivity contribution in [3.05, 3.63) is 0 Å². The summed E-state index contributed by atoms with van der Waals surface area (Å²) in [5, 5.41) is 9.02. The molecule has 3 heteroatoms. The molecule has 3 nitrogen and oxygen atoms in total. The van der Waals surface area contributed by atoms with Gasteiger partial charge in [0.2, 0.25) is 0 Å². The fourth-order valence-electron chi connectivity index (χ4n) is 3.67. The summed E-state index contributed by atoms with van der Waals surface area (Å²) in [6, 6.07) is 0. The van der Waals surface area contributed by atoms with E-state index in [1.807, 2.05) is 6.92 Å². The Morgan fingerprint density at radius 2 is 1.94 bits per heavy atom. The molecule has 2 unspecified atom stereocenters. The second-order valence-electron chi connectivity index (χ2n) is 6.20. The summed E-state index contributed by atoms with van der Waals surface area (Å²) in [7, 11) is 0. The molecule has 0 saturated heterocycles. The topological polar surface area (TPSA) is 54.4 Å². The van der Waals surface area contributed by atoms with Gasteiger partial charge in [-0.05, 0) is 43.9 Å². The van der Waals surface area contributed by atoms with Crippen LogP contribution < -0.4 is 0 Å². The van der Waals surface area contributed by atoms with Crippen LogP contribution in [0.2, 0.25) is 0 Å². The average Bonchev–Trinajstić information content (AvgIpc) is 2.75. The Hall–Kier alpha value is -0.860. The zero-order valence-corrected chi connectivity index (χ0v) is 11.2. The van der Waals surface area contributed by atoms with E-state index >= 15 is 0 Å². The summed E-state index contributed by atoms with van der Waals surface area (Å²) in [6.07, 6.45) is 8.30. The summed E-state index contributed by atoms with van der Waals surface area (Å²) in [6.45, 7) is 1.83. The van der Waals surface area contributed by atoms with Crippen LogP contribution in [-0.4, -0.2) is 16.9 Å². The van der Waals surface area contributed by atoms with Gasteiger partial charge in [-0.25, -0.2) is 0 Å². The van der Waals surface area contributed by atoms with Crippen LogP contribution >= 0.6 is 0 Å². The summed E-state index contributed by atoms with van der Waals surface area (Å²) in [5.74, 6) is 0.926. The lowest BCUT2D eigenvalue weighted by Crippen LogP contribution is -2.26. The van der Waals surface area contributed by atoms with E-state index in [-0.39, 0.29) is 5.92 Å². The molecule has 2 fully saturated rings. The largest absolute Gasteiger partial charge is 0.481 e. The van der Waals surface area contributed by atoms with E-state index in [2.05, 4.69) is 0 Å². The zero-order chi connectivity index (χ0) is 13.1. The number of carboxylic acids is 1. The molecule has 0 bridgehead atoms. The van der Waals surface area contributed by atoms with Gasteiger partial charge in [-0.3, -0.25) is 9.59 Å². The molecule has 2 rings (SSSR count). The molecule has 0 aliphatic heterocycles. The molecule has 0 aromatic rings. The molecule has 2 atom stereocenters. The maximum absolute atomic E-state index is 11.6. The summed E-state index contributed by atoms with van der Waals surface area (Å²) in [5.41, 5.74) is 0. The molecule has 0 radical (unpaired) electrons. The molecular weight excluding hydrogens is 228 g/mol. The number of aliphatic carboxylic acids is 1. The lowest BCUT2D eigenvalue weighted by Gasteiger charge is -2.31. The van der Waals surface area contributed by atoms with Crippen LogP contribution in [0.5, 0.6) is 0 Å². The van der Waals surface area contributed by atoms with Gasteiger partial charge in [0.15, 0.2) is 0 Å². The minimum Gasteiger partial charge on any atom is -0.481 e. The van der Waals surface area contributed by atoms with Crippen LogP contribution in [0.15, 0.2) is 0 Å². The molecule has 2 aliphatic carbocycles. The molecule has 2 aliphatic rings. The van der Waals surface area contributed by atoms with Crippen molar-refractivity contribution in [1.29, 1.82) is 0 Å². The number of rotatable bonds is 4. The number of hydrogen-bond acceptors (Lipinski definition) is 2. The van der Waals surface area contributed by atoms with Crippen LogP contribution in [-0.2, 0) is 9.59 Å². The zero-order valence-electron chi connectivity index (χ0n) is 11.2. The third-order valence-electron chi connectivity index (χ3n) is 5.04. The average molecular weight is 252 g/mol. The Labute approximate surface area is 109 Å². The molecule has 102 valence electrons. The van der Waals surface area contributed by atoms with E-state index in [0.29, 0.717) is 23.5 Å². The highest BCUT2D eigenvalue weighted by molar-refractivity contribution is 5.82. The highest BCUT2D eigenvalue weighted by Crippen LogP contribution is 2.38. The van der Waals surface area contributed by atoms with Crippen LogP contribution in [0.1, 0.15) is 58.3 Å². The monoisotopic (exact) mass is 252 g/mol. The lowest BCUT2D eigenvalue weighted by molar-refractivity contribution is -0.143. The summed E-state index contributed by atoms with van der Waals surface area (Å²) >= 11 is 0. The Bertz CT molecular complexity index is 316. The number of carbonyl (C=O) groups is 2. The fourth-order valence-corrected chi connectivity index (χ4v) is 3.67. The van der Waals surface area contributed by atoms with Gasteiger partial charge in [0, 0.05) is 12.3 Å². The third-order valence-corrected chi connectivity index (χ3v) is 5.04. The molecule has 1 N–H and O–H groups in total. The van der Waals surface area contributed by atoms with Gasteiger partial charge in [-0.2, -0.15) is 0 Å². The molecule has 0 amide bonds. The van der Waals surface area contributed by atoms with Gasteiger partial charge >= 0.3 is 5.97 Å². The van der Waals surface area contributed by atoms with Crippen molar-refractivity contribution in [2.24, 2.45) is 23.7 Å². The molecule has 2 saturated carbocycles. The van der Waals surface area contributed by atoms with Crippen molar-refractivity contribution in [1.82, 2.24) is 0 Å². The van der Waals surface area contributed by atoms with E-state index in [9.17, 15) is 9.59 Å². The van der Waals surface area contributed by atoms with Crippen molar-refractivity contribution < 1.29 is 14.7 Å². The fraction of sp³-hybridized carbons (Fsp3) is 0.867. The quantitative estimate of drug-likeness (QED) is 0.835. The van der Waals surface area contributed by atoms with Crippen molar-refractivity contribution in [3.63, 3.8) is 0 Å². The highest BCUT2D eigenvalue weighted by atomic mass is 16.4. The van der Waals surface area contributed by atoms with E-state index in [1.165, 1.54) is 0 Å². The predicted molar refractivity (Wildman–Crippen MR) is 69.2 cm³/mol. The Balaban J connectivity index is 1.76. The SMILES string of the molecule is CC(C(=O)O)C1CCC(CC2CCCC2=O)CC1. The minimum atomic E-state index is -0.663. The first-order valence-corrected chi connectivity index (χ1v) is 7.33.